The molecule has 0 spiro atoms. The molecule has 23 heavy (non-hydrogen) atoms. The summed E-state index contributed by atoms with van der Waals surface area (Å²) in [5.74, 6) is 1.15. The summed E-state index contributed by atoms with van der Waals surface area (Å²) in [6.07, 6.45) is 1.22. The molecule has 0 aliphatic rings. The van der Waals surface area contributed by atoms with E-state index in [9.17, 15) is 8.42 Å². The molecule has 124 valence electrons. The Kier molecular flexibility index (Phi) is 5.31. The molecule has 2 aromatic rings. The molecule has 2 rings (SSSR count). The Hall–Kier alpha value is -2.01. The van der Waals surface area contributed by atoms with Crippen LogP contribution in [0.2, 0.25) is 0 Å². The maximum atomic E-state index is 12.2. The van der Waals surface area contributed by atoms with Gasteiger partial charge in [0.15, 0.2) is 0 Å². The number of hydrogen-bond acceptors (Lipinski definition) is 3. The third-order valence-corrected chi connectivity index (χ3v) is 4.87. The highest BCUT2D eigenvalue weighted by Gasteiger charge is 2.18. The van der Waals surface area contributed by atoms with Crippen LogP contribution in [0.3, 0.4) is 0 Å². The van der Waals surface area contributed by atoms with Crippen LogP contribution in [0.15, 0.2) is 48.5 Å². The fourth-order valence-electron chi connectivity index (χ4n) is 2.32. The molecule has 0 aromatic heterocycles. The zero-order valence-corrected chi connectivity index (χ0v) is 14.8. The molecule has 0 heterocycles. The van der Waals surface area contributed by atoms with Gasteiger partial charge in [-0.2, -0.15) is 0 Å². The van der Waals surface area contributed by atoms with Gasteiger partial charge in [-0.1, -0.05) is 38.1 Å². The first-order valence-electron chi connectivity index (χ1n) is 7.52. The molecular weight excluding hydrogens is 310 g/mol. The second-order valence-corrected chi connectivity index (χ2v) is 7.77. The van der Waals surface area contributed by atoms with Gasteiger partial charge >= 0.3 is 0 Å². The number of anilines is 1. The molecule has 0 unspecified atom stereocenters. The smallest absolute Gasteiger partial charge is 0.232 e. The molecule has 4 nitrogen and oxygen atoms in total. The Morgan fingerprint density at radius 3 is 2.00 bits per heavy atom. The Morgan fingerprint density at radius 2 is 1.57 bits per heavy atom. The van der Waals surface area contributed by atoms with Gasteiger partial charge in [-0.25, -0.2) is 8.42 Å². The van der Waals surface area contributed by atoms with E-state index in [2.05, 4.69) is 26.0 Å². The quantitative estimate of drug-likeness (QED) is 0.808. The number of methoxy groups -OCH3 is 1. The van der Waals surface area contributed by atoms with E-state index < -0.39 is 10.0 Å². The van der Waals surface area contributed by atoms with Gasteiger partial charge < -0.3 is 4.74 Å². The number of hydrogen-bond donors (Lipinski definition) is 0. The number of benzene rings is 2. The van der Waals surface area contributed by atoms with Crippen molar-refractivity contribution in [1.82, 2.24) is 0 Å². The Balaban J connectivity index is 2.28. The molecule has 0 aliphatic heterocycles. The summed E-state index contributed by atoms with van der Waals surface area (Å²) in [6.45, 7) is 4.58. The Bertz CT molecular complexity index is 735. The number of ether oxygens (including phenoxy) is 1. The number of nitrogens with zero attached hydrogens (tertiary/aromatic N) is 1. The first kappa shape index (κ1) is 17.3. The van der Waals surface area contributed by atoms with Crippen molar-refractivity contribution in [2.45, 2.75) is 26.3 Å². The highest BCUT2D eigenvalue weighted by Crippen LogP contribution is 2.24. The van der Waals surface area contributed by atoms with E-state index in [-0.39, 0.29) is 0 Å². The van der Waals surface area contributed by atoms with E-state index in [4.69, 9.17) is 4.74 Å². The molecule has 0 amide bonds. The highest BCUT2D eigenvalue weighted by atomic mass is 32.2. The summed E-state index contributed by atoms with van der Waals surface area (Å²) in [5.41, 5.74) is 2.82. The van der Waals surface area contributed by atoms with Crippen LogP contribution >= 0.6 is 0 Å². The first-order valence-corrected chi connectivity index (χ1v) is 9.36. The van der Waals surface area contributed by atoms with Crippen molar-refractivity contribution in [2.75, 3.05) is 17.7 Å². The van der Waals surface area contributed by atoms with Crippen molar-refractivity contribution in [3.63, 3.8) is 0 Å². The molecule has 0 radical (unpaired) electrons. The topological polar surface area (TPSA) is 46.6 Å². The number of rotatable bonds is 6. The van der Waals surface area contributed by atoms with Crippen LogP contribution in [0.4, 0.5) is 5.69 Å². The van der Waals surface area contributed by atoms with Gasteiger partial charge in [0.1, 0.15) is 5.75 Å². The summed E-state index contributed by atoms with van der Waals surface area (Å²) in [5, 5.41) is 0. The molecule has 5 heteroatoms. The van der Waals surface area contributed by atoms with Gasteiger partial charge in [-0.05, 0) is 41.3 Å². The van der Waals surface area contributed by atoms with Crippen molar-refractivity contribution in [3.05, 3.63) is 59.7 Å². The fourth-order valence-corrected chi connectivity index (χ4v) is 3.21. The first-order chi connectivity index (χ1) is 10.8. The molecule has 0 bridgehead atoms. The second kappa shape index (κ2) is 7.04. The van der Waals surface area contributed by atoms with E-state index in [1.54, 1.807) is 31.4 Å². The molecular formula is C18H23NO3S. The molecule has 0 saturated heterocycles. The van der Waals surface area contributed by atoms with E-state index >= 15 is 0 Å². The second-order valence-electron chi connectivity index (χ2n) is 5.86. The lowest BCUT2D eigenvalue weighted by atomic mass is 10.0. The minimum absolute atomic E-state index is 0.309. The van der Waals surface area contributed by atoms with Gasteiger partial charge in [0.25, 0.3) is 0 Å². The maximum absolute atomic E-state index is 12.2. The van der Waals surface area contributed by atoms with Gasteiger partial charge in [0.2, 0.25) is 10.0 Å². The molecule has 0 atom stereocenters. The molecule has 0 N–H and O–H groups in total. The zero-order chi connectivity index (χ0) is 17.0. The average molecular weight is 333 g/mol. The monoisotopic (exact) mass is 333 g/mol. The van der Waals surface area contributed by atoms with E-state index in [1.807, 2.05) is 12.1 Å². The predicted octanol–water partition coefficient (Wildman–Crippen LogP) is 3.78. The minimum Gasteiger partial charge on any atom is -0.497 e. The normalized spacial score (nSPS) is 11.5. The summed E-state index contributed by atoms with van der Waals surface area (Å²) < 4.78 is 30.8. The van der Waals surface area contributed by atoms with E-state index in [0.717, 1.165) is 5.56 Å². The lowest BCUT2D eigenvalue weighted by molar-refractivity contribution is 0.415. The standard InChI is InChI=1S/C18H23NO3S/c1-14(2)16-7-5-15(6-8-16)13-19(23(4,20)21)17-9-11-18(22-3)12-10-17/h5-12,14H,13H2,1-4H3. The molecule has 2 aromatic carbocycles. The summed E-state index contributed by atoms with van der Waals surface area (Å²) in [7, 11) is -1.79. The summed E-state index contributed by atoms with van der Waals surface area (Å²) >= 11 is 0. The van der Waals surface area contributed by atoms with Crippen molar-refractivity contribution in [2.24, 2.45) is 0 Å². The van der Waals surface area contributed by atoms with Gasteiger partial charge in [0.05, 0.1) is 25.6 Å². The van der Waals surface area contributed by atoms with E-state index in [1.165, 1.54) is 16.1 Å². The average Bonchev–Trinajstić information content (AvgIpc) is 2.52. The maximum Gasteiger partial charge on any atom is 0.232 e. The molecule has 0 fully saturated rings. The lowest BCUT2D eigenvalue weighted by Crippen LogP contribution is -2.29. The van der Waals surface area contributed by atoms with Crippen molar-refractivity contribution >= 4 is 15.7 Å². The molecule has 0 saturated carbocycles. The van der Waals surface area contributed by atoms with Crippen LogP contribution < -0.4 is 9.04 Å². The zero-order valence-electron chi connectivity index (χ0n) is 14.0. The highest BCUT2D eigenvalue weighted by molar-refractivity contribution is 7.92. The van der Waals surface area contributed by atoms with Crippen LogP contribution in [0.1, 0.15) is 30.9 Å². The van der Waals surface area contributed by atoms with Crippen molar-refractivity contribution in [3.8, 4) is 5.75 Å². The van der Waals surface area contributed by atoms with Crippen molar-refractivity contribution < 1.29 is 13.2 Å². The van der Waals surface area contributed by atoms with E-state index in [0.29, 0.717) is 23.9 Å². The van der Waals surface area contributed by atoms with Gasteiger partial charge in [0, 0.05) is 0 Å². The predicted molar refractivity (Wildman–Crippen MR) is 94.6 cm³/mol. The van der Waals surface area contributed by atoms with Crippen LogP contribution in [0.5, 0.6) is 5.75 Å². The van der Waals surface area contributed by atoms with Crippen LogP contribution in [0.25, 0.3) is 0 Å². The summed E-state index contributed by atoms with van der Waals surface area (Å²) in [4.78, 5) is 0. The van der Waals surface area contributed by atoms with Crippen LogP contribution in [-0.2, 0) is 16.6 Å². The Labute approximate surface area is 138 Å². The third-order valence-electron chi connectivity index (χ3n) is 3.73. The minimum atomic E-state index is -3.37. The largest absolute Gasteiger partial charge is 0.497 e. The molecule has 0 aliphatic carbocycles. The third kappa shape index (κ3) is 4.48. The van der Waals surface area contributed by atoms with Gasteiger partial charge in [-0.3, -0.25) is 4.31 Å². The Morgan fingerprint density at radius 1 is 1.00 bits per heavy atom. The number of sulfonamides is 1. The lowest BCUT2D eigenvalue weighted by Gasteiger charge is -2.23. The van der Waals surface area contributed by atoms with Gasteiger partial charge in [-0.15, -0.1) is 0 Å². The van der Waals surface area contributed by atoms with Crippen LogP contribution in [0, 0.1) is 0 Å². The summed E-state index contributed by atoms with van der Waals surface area (Å²) in [6, 6.07) is 15.1. The van der Waals surface area contributed by atoms with Crippen molar-refractivity contribution in [1.29, 1.82) is 0 Å². The fraction of sp³-hybridized carbons (Fsp3) is 0.333. The SMILES string of the molecule is COc1ccc(N(Cc2ccc(C(C)C)cc2)S(C)(=O)=O)cc1. The van der Waals surface area contributed by atoms with Crippen LogP contribution in [-0.4, -0.2) is 21.8 Å².